The summed E-state index contributed by atoms with van der Waals surface area (Å²) in [6.45, 7) is 11.2. The lowest BCUT2D eigenvalue weighted by Crippen LogP contribution is -2.36. The third-order valence-corrected chi connectivity index (χ3v) is 3.27. The SMILES string of the molecule is CC(C)CNc1nnc([C@@H]2CCCN2C(=O)OC(C)(C)C)o1. The fourth-order valence-corrected chi connectivity index (χ4v) is 2.29. The summed E-state index contributed by atoms with van der Waals surface area (Å²) in [7, 11) is 0. The third kappa shape index (κ3) is 4.35. The van der Waals surface area contributed by atoms with Crippen LogP contribution in [0.4, 0.5) is 10.8 Å². The van der Waals surface area contributed by atoms with Crippen LogP contribution in [0, 0.1) is 5.92 Å². The van der Waals surface area contributed by atoms with Crippen molar-refractivity contribution in [2.24, 2.45) is 5.92 Å². The molecule has 1 fully saturated rings. The Morgan fingerprint density at radius 2 is 2.18 bits per heavy atom. The van der Waals surface area contributed by atoms with Crippen LogP contribution in [0.2, 0.25) is 0 Å². The molecule has 1 aliphatic heterocycles. The Morgan fingerprint density at radius 1 is 1.45 bits per heavy atom. The topological polar surface area (TPSA) is 80.5 Å². The second-order valence-electron chi connectivity index (χ2n) is 7.05. The zero-order valence-corrected chi connectivity index (χ0v) is 14.0. The number of nitrogens with one attached hydrogen (secondary N) is 1. The van der Waals surface area contributed by atoms with Gasteiger partial charge in [-0.1, -0.05) is 18.9 Å². The van der Waals surface area contributed by atoms with Gasteiger partial charge in [-0.25, -0.2) is 4.79 Å². The molecule has 0 spiro atoms. The van der Waals surface area contributed by atoms with Gasteiger partial charge in [0.05, 0.1) is 0 Å². The Hall–Kier alpha value is -1.79. The number of rotatable bonds is 4. The van der Waals surface area contributed by atoms with Crippen molar-refractivity contribution >= 4 is 12.1 Å². The van der Waals surface area contributed by atoms with Crippen molar-refractivity contribution in [2.75, 3.05) is 18.4 Å². The van der Waals surface area contributed by atoms with Gasteiger partial charge in [-0.15, -0.1) is 5.10 Å². The van der Waals surface area contributed by atoms with Crippen molar-refractivity contribution in [3.05, 3.63) is 5.89 Å². The van der Waals surface area contributed by atoms with Crippen LogP contribution >= 0.6 is 0 Å². The molecule has 2 rings (SSSR count). The second-order valence-corrected chi connectivity index (χ2v) is 7.05. The van der Waals surface area contributed by atoms with Crippen LogP contribution in [0.1, 0.15) is 59.4 Å². The first-order valence-corrected chi connectivity index (χ1v) is 7.83. The Kier molecular flexibility index (Phi) is 4.93. The fraction of sp³-hybridized carbons (Fsp3) is 0.800. The lowest BCUT2D eigenvalue weighted by Gasteiger charge is -2.27. The van der Waals surface area contributed by atoms with Crippen LogP contribution in [0.15, 0.2) is 4.42 Å². The summed E-state index contributed by atoms with van der Waals surface area (Å²) in [5.74, 6) is 0.953. The van der Waals surface area contributed by atoms with E-state index in [0.717, 1.165) is 19.4 Å². The summed E-state index contributed by atoms with van der Waals surface area (Å²) in [6, 6.07) is 0.205. The van der Waals surface area contributed by atoms with Gasteiger partial charge in [0.15, 0.2) is 0 Å². The summed E-state index contributed by atoms with van der Waals surface area (Å²) >= 11 is 0. The van der Waals surface area contributed by atoms with Crippen molar-refractivity contribution in [1.29, 1.82) is 0 Å². The van der Waals surface area contributed by atoms with Crippen LogP contribution in [-0.4, -0.2) is 39.9 Å². The van der Waals surface area contributed by atoms with E-state index in [1.165, 1.54) is 0 Å². The van der Waals surface area contributed by atoms with E-state index in [-0.39, 0.29) is 12.1 Å². The molecule has 1 aliphatic rings. The van der Waals surface area contributed by atoms with E-state index < -0.39 is 5.60 Å². The summed E-state index contributed by atoms with van der Waals surface area (Å²) in [6.07, 6.45) is 1.39. The number of likely N-dealkylation sites (tertiary alicyclic amines) is 1. The monoisotopic (exact) mass is 310 g/mol. The number of ether oxygens (including phenoxy) is 1. The van der Waals surface area contributed by atoms with E-state index >= 15 is 0 Å². The predicted molar refractivity (Wildman–Crippen MR) is 82.5 cm³/mol. The van der Waals surface area contributed by atoms with E-state index in [2.05, 4.69) is 29.4 Å². The molecule has 1 amide bonds. The van der Waals surface area contributed by atoms with Gasteiger partial charge in [-0.2, -0.15) is 0 Å². The molecule has 2 heterocycles. The van der Waals surface area contributed by atoms with Crippen molar-refractivity contribution in [1.82, 2.24) is 15.1 Å². The second kappa shape index (κ2) is 6.54. The van der Waals surface area contributed by atoms with Gasteiger partial charge in [-0.3, -0.25) is 4.90 Å². The molecule has 1 N–H and O–H groups in total. The highest BCUT2D eigenvalue weighted by Gasteiger charge is 2.36. The lowest BCUT2D eigenvalue weighted by molar-refractivity contribution is 0.0204. The Bertz CT molecular complexity index is 507. The Labute approximate surface area is 131 Å². The molecule has 1 atom stereocenters. The summed E-state index contributed by atoms with van der Waals surface area (Å²) in [5, 5.41) is 11.2. The molecular formula is C15H26N4O3. The lowest BCUT2D eigenvalue weighted by atomic mass is 10.2. The van der Waals surface area contributed by atoms with E-state index in [0.29, 0.717) is 24.4 Å². The molecule has 22 heavy (non-hydrogen) atoms. The highest BCUT2D eigenvalue weighted by Crippen LogP contribution is 2.32. The molecule has 0 aliphatic carbocycles. The van der Waals surface area contributed by atoms with Gasteiger partial charge >= 0.3 is 12.1 Å². The van der Waals surface area contributed by atoms with Crippen LogP contribution in [0.3, 0.4) is 0 Å². The minimum absolute atomic E-state index is 0.197. The summed E-state index contributed by atoms with van der Waals surface area (Å²) in [4.78, 5) is 13.9. The molecule has 1 saturated heterocycles. The number of carbonyl (C=O) groups excluding carboxylic acids is 1. The van der Waals surface area contributed by atoms with E-state index in [1.807, 2.05) is 20.8 Å². The minimum Gasteiger partial charge on any atom is -0.444 e. The number of anilines is 1. The summed E-state index contributed by atoms with van der Waals surface area (Å²) < 4.78 is 11.1. The first-order valence-electron chi connectivity index (χ1n) is 7.83. The van der Waals surface area contributed by atoms with Gasteiger partial charge in [-0.05, 0) is 39.5 Å². The van der Waals surface area contributed by atoms with E-state index in [4.69, 9.17) is 9.15 Å². The molecule has 0 unspecified atom stereocenters. The molecule has 1 aromatic rings. The molecule has 7 nitrogen and oxygen atoms in total. The largest absolute Gasteiger partial charge is 0.444 e. The highest BCUT2D eigenvalue weighted by molar-refractivity contribution is 5.69. The number of hydrogen-bond acceptors (Lipinski definition) is 6. The maximum Gasteiger partial charge on any atom is 0.410 e. The van der Waals surface area contributed by atoms with Crippen LogP contribution in [0.25, 0.3) is 0 Å². The first-order chi connectivity index (χ1) is 10.3. The van der Waals surface area contributed by atoms with Gasteiger partial charge in [0, 0.05) is 13.1 Å². The maximum atomic E-state index is 12.3. The fourth-order valence-electron chi connectivity index (χ4n) is 2.29. The predicted octanol–water partition coefficient (Wildman–Crippen LogP) is 3.21. The minimum atomic E-state index is -0.511. The zero-order chi connectivity index (χ0) is 16.3. The molecule has 7 heteroatoms. The van der Waals surface area contributed by atoms with Crippen LogP contribution < -0.4 is 5.32 Å². The van der Waals surface area contributed by atoms with E-state index in [9.17, 15) is 4.79 Å². The number of hydrogen-bond donors (Lipinski definition) is 1. The van der Waals surface area contributed by atoms with Crippen LogP contribution in [0.5, 0.6) is 0 Å². The first kappa shape index (κ1) is 16.6. The number of amides is 1. The van der Waals surface area contributed by atoms with Crippen molar-refractivity contribution in [3.63, 3.8) is 0 Å². The normalized spacial score (nSPS) is 18.8. The maximum absolute atomic E-state index is 12.3. The molecule has 0 bridgehead atoms. The van der Waals surface area contributed by atoms with Crippen molar-refractivity contribution < 1.29 is 13.9 Å². The molecule has 0 aromatic carbocycles. The quantitative estimate of drug-likeness (QED) is 0.919. The Morgan fingerprint density at radius 3 is 2.82 bits per heavy atom. The smallest absolute Gasteiger partial charge is 0.410 e. The van der Waals surface area contributed by atoms with E-state index in [1.54, 1.807) is 4.90 Å². The van der Waals surface area contributed by atoms with Gasteiger partial charge < -0.3 is 14.5 Å². The van der Waals surface area contributed by atoms with Gasteiger partial charge in [0.1, 0.15) is 11.6 Å². The molecule has 124 valence electrons. The van der Waals surface area contributed by atoms with Crippen LogP contribution in [-0.2, 0) is 4.74 Å². The van der Waals surface area contributed by atoms with Gasteiger partial charge in [0.2, 0.25) is 5.89 Å². The third-order valence-electron chi connectivity index (χ3n) is 3.27. The molecular weight excluding hydrogens is 284 g/mol. The highest BCUT2D eigenvalue weighted by atomic mass is 16.6. The number of carbonyl (C=O) groups is 1. The average Bonchev–Trinajstić information content (AvgIpc) is 3.03. The molecule has 0 saturated carbocycles. The average molecular weight is 310 g/mol. The van der Waals surface area contributed by atoms with Crippen molar-refractivity contribution in [3.8, 4) is 0 Å². The number of aromatic nitrogens is 2. The standard InChI is InChI=1S/C15H26N4O3/c1-10(2)9-16-13-18-17-12(21-13)11-7-6-8-19(11)14(20)22-15(3,4)5/h10-11H,6-9H2,1-5H3,(H,16,18)/t11-/m0/s1. The van der Waals surface area contributed by atoms with Gasteiger partial charge in [0.25, 0.3) is 0 Å². The zero-order valence-electron chi connectivity index (χ0n) is 14.0. The Balaban J connectivity index is 2.02. The van der Waals surface area contributed by atoms with Crippen molar-refractivity contribution in [2.45, 2.75) is 59.1 Å². The molecule has 0 radical (unpaired) electrons. The molecule has 1 aromatic heterocycles. The summed E-state index contributed by atoms with van der Waals surface area (Å²) in [5.41, 5.74) is -0.511. The number of nitrogens with zero attached hydrogens (tertiary/aromatic N) is 3.